The van der Waals surface area contributed by atoms with Gasteiger partial charge in [-0.1, -0.05) is 6.07 Å². The van der Waals surface area contributed by atoms with Crippen LogP contribution in [0.15, 0.2) is 30.5 Å². The van der Waals surface area contributed by atoms with E-state index >= 15 is 0 Å². The average molecular weight is 242 g/mol. The van der Waals surface area contributed by atoms with Crippen LogP contribution in [-0.4, -0.2) is 9.78 Å². The minimum absolute atomic E-state index is 0. The first-order valence-electron chi connectivity index (χ1n) is 4.69. The van der Waals surface area contributed by atoms with Gasteiger partial charge in [0.1, 0.15) is 5.82 Å². The van der Waals surface area contributed by atoms with Gasteiger partial charge in [0.2, 0.25) is 0 Å². The maximum atomic E-state index is 13.6. The van der Waals surface area contributed by atoms with Gasteiger partial charge < -0.3 is 5.73 Å². The fourth-order valence-electron chi connectivity index (χ4n) is 1.53. The number of aryl methyl sites for hydroxylation is 1. The molecule has 3 nitrogen and oxygen atoms in total. The predicted octanol–water partition coefficient (Wildman–Crippen LogP) is 2.11. The van der Waals surface area contributed by atoms with E-state index in [9.17, 15) is 4.39 Å². The molecule has 2 N–H and O–H groups in total. The first kappa shape index (κ1) is 12.7. The number of hydrogen-bond donors (Lipinski definition) is 1. The molecule has 0 spiro atoms. The molecule has 0 atom stereocenters. The van der Waals surface area contributed by atoms with Gasteiger partial charge in [0.05, 0.1) is 5.69 Å². The zero-order valence-corrected chi connectivity index (χ0v) is 9.67. The maximum Gasteiger partial charge on any atom is 0.132 e. The van der Waals surface area contributed by atoms with E-state index in [2.05, 4.69) is 5.10 Å². The van der Waals surface area contributed by atoms with Gasteiger partial charge in [0.15, 0.2) is 0 Å². The van der Waals surface area contributed by atoms with E-state index in [4.69, 9.17) is 5.73 Å². The standard InChI is InChI=1S/C11H12FN3.ClH/c1-15-11(4-5-14-15)9-6-8(7-13)2-3-10(9)12;/h2-6H,7,13H2,1H3;1H. The Labute approximate surface area is 99.5 Å². The van der Waals surface area contributed by atoms with Crippen LogP contribution in [0.3, 0.4) is 0 Å². The van der Waals surface area contributed by atoms with E-state index in [1.54, 1.807) is 36.1 Å². The largest absolute Gasteiger partial charge is 0.326 e. The van der Waals surface area contributed by atoms with Gasteiger partial charge in [-0.15, -0.1) is 12.4 Å². The lowest BCUT2D eigenvalue weighted by atomic mass is 10.1. The third kappa shape index (κ3) is 2.23. The Kier molecular flexibility index (Phi) is 4.04. The molecule has 0 fully saturated rings. The van der Waals surface area contributed by atoms with E-state index in [1.165, 1.54) is 6.07 Å². The molecule has 0 aliphatic heterocycles. The lowest BCUT2D eigenvalue weighted by molar-refractivity contribution is 0.627. The van der Waals surface area contributed by atoms with Gasteiger partial charge in [-0.25, -0.2) is 4.39 Å². The molecule has 0 saturated heterocycles. The summed E-state index contributed by atoms with van der Waals surface area (Å²) in [5.74, 6) is -0.254. The third-order valence-electron chi connectivity index (χ3n) is 2.36. The molecule has 16 heavy (non-hydrogen) atoms. The monoisotopic (exact) mass is 241 g/mol. The van der Waals surface area contributed by atoms with Crippen molar-refractivity contribution in [3.05, 3.63) is 41.8 Å². The summed E-state index contributed by atoms with van der Waals surface area (Å²) in [6.45, 7) is 0.408. The third-order valence-corrected chi connectivity index (χ3v) is 2.36. The quantitative estimate of drug-likeness (QED) is 0.875. The number of nitrogens with zero attached hydrogens (tertiary/aromatic N) is 2. The molecule has 5 heteroatoms. The minimum Gasteiger partial charge on any atom is -0.326 e. The molecule has 86 valence electrons. The minimum atomic E-state index is -0.254. The highest BCUT2D eigenvalue weighted by atomic mass is 35.5. The molecule has 1 aromatic heterocycles. The second-order valence-electron chi connectivity index (χ2n) is 3.36. The summed E-state index contributed by atoms with van der Waals surface area (Å²) in [5.41, 5.74) is 7.72. The van der Waals surface area contributed by atoms with Gasteiger partial charge >= 0.3 is 0 Å². The highest BCUT2D eigenvalue weighted by Gasteiger charge is 2.08. The maximum absolute atomic E-state index is 13.6. The summed E-state index contributed by atoms with van der Waals surface area (Å²) in [5, 5.41) is 4.01. The average Bonchev–Trinajstić information content (AvgIpc) is 2.65. The highest BCUT2D eigenvalue weighted by molar-refractivity contribution is 5.85. The van der Waals surface area contributed by atoms with Crippen molar-refractivity contribution in [3.8, 4) is 11.3 Å². The highest BCUT2D eigenvalue weighted by Crippen LogP contribution is 2.22. The fourth-order valence-corrected chi connectivity index (χ4v) is 1.53. The number of benzene rings is 1. The first-order chi connectivity index (χ1) is 7.22. The molecule has 1 heterocycles. The van der Waals surface area contributed by atoms with E-state index in [0.29, 0.717) is 12.1 Å². The molecule has 0 unspecified atom stereocenters. The van der Waals surface area contributed by atoms with Crippen molar-refractivity contribution < 1.29 is 4.39 Å². The van der Waals surface area contributed by atoms with Crippen molar-refractivity contribution in [3.63, 3.8) is 0 Å². The van der Waals surface area contributed by atoms with E-state index in [1.807, 2.05) is 0 Å². The lowest BCUT2D eigenvalue weighted by Gasteiger charge is -2.05. The molecular weight excluding hydrogens is 229 g/mol. The van der Waals surface area contributed by atoms with Crippen molar-refractivity contribution >= 4 is 12.4 Å². The molecular formula is C11H13ClFN3. The summed E-state index contributed by atoms with van der Waals surface area (Å²) >= 11 is 0. The Bertz CT molecular complexity index is 482. The number of aromatic nitrogens is 2. The Morgan fingerprint density at radius 1 is 1.38 bits per heavy atom. The second-order valence-corrected chi connectivity index (χ2v) is 3.36. The summed E-state index contributed by atoms with van der Waals surface area (Å²) in [6.07, 6.45) is 1.64. The molecule has 0 radical (unpaired) electrons. The van der Waals surface area contributed by atoms with Crippen LogP contribution in [0, 0.1) is 5.82 Å². The van der Waals surface area contributed by atoms with Crippen LogP contribution in [0.4, 0.5) is 4.39 Å². The van der Waals surface area contributed by atoms with Crippen LogP contribution < -0.4 is 5.73 Å². The van der Waals surface area contributed by atoms with Crippen LogP contribution in [-0.2, 0) is 13.6 Å². The Morgan fingerprint density at radius 3 is 2.69 bits per heavy atom. The van der Waals surface area contributed by atoms with Gasteiger partial charge in [0, 0.05) is 25.4 Å². The number of nitrogens with two attached hydrogens (primary N) is 1. The molecule has 1 aromatic carbocycles. The molecule has 2 rings (SSSR count). The van der Waals surface area contributed by atoms with Gasteiger partial charge in [-0.2, -0.15) is 5.10 Å². The van der Waals surface area contributed by atoms with Crippen molar-refractivity contribution in [1.82, 2.24) is 9.78 Å². The normalized spacial score (nSPS) is 9.94. The molecule has 0 amide bonds. The van der Waals surface area contributed by atoms with Crippen molar-refractivity contribution in [1.29, 1.82) is 0 Å². The number of halogens is 2. The van der Waals surface area contributed by atoms with Crippen molar-refractivity contribution in [2.75, 3.05) is 0 Å². The fraction of sp³-hybridized carbons (Fsp3) is 0.182. The Balaban J connectivity index is 0.00000128. The lowest BCUT2D eigenvalue weighted by Crippen LogP contribution is -2.00. The second kappa shape index (κ2) is 5.09. The van der Waals surface area contributed by atoms with E-state index < -0.39 is 0 Å². The molecule has 0 aliphatic carbocycles. The van der Waals surface area contributed by atoms with Crippen LogP contribution in [0.5, 0.6) is 0 Å². The molecule has 0 bridgehead atoms. The van der Waals surface area contributed by atoms with Crippen LogP contribution in [0.1, 0.15) is 5.56 Å². The van der Waals surface area contributed by atoms with E-state index in [0.717, 1.165) is 11.3 Å². The summed E-state index contributed by atoms with van der Waals surface area (Å²) in [7, 11) is 1.78. The number of rotatable bonds is 2. The first-order valence-corrected chi connectivity index (χ1v) is 4.69. The molecule has 0 aliphatic rings. The topological polar surface area (TPSA) is 43.8 Å². The van der Waals surface area contributed by atoms with Crippen molar-refractivity contribution in [2.24, 2.45) is 12.8 Å². The van der Waals surface area contributed by atoms with Crippen molar-refractivity contribution in [2.45, 2.75) is 6.54 Å². The Hall–Kier alpha value is -1.39. The smallest absolute Gasteiger partial charge is 0.132 e. The zero-order valence-electron chi connectivity index (χ0n) is 8.85. The van der Waals surface area contributed by atoms with Gasteiger partial charge in [-0.05, 0) is 23.8 Å². The zero-order chi connectivity index (χ0) is 10.8. The van der Waals surface area contributed by atoms with Crippen LogP contribution >= 0.6 is 12.4 Å². The summed E-state index contributed by atoms with van der Waals surface area (Å²) < 4.78 is 15.2. The van der Waals surface area contributed by atoms with E-state index in [-0.39, 0.29) is 18.2 Å². The van der Waals surface area contributed by atoms with Gasteiger partial charge in [0.25, 0.3) is 0 Å². The predicted molar refractivity (Wildman–Crippen MR) is 63.7 cm³/mol. The van der Waals surface area contributed by atoms with Crippen LogP contribution in [0.2, 0.25) is 0 Å². The summed E-state index contributed by atoms with van der Waals surface area (Å²) in [4.78, 5) is 0. The SMILES string of the molecule is Cl.Cn1nccc1-c1cc(CN)ccc1F. The summed E-state index contributed by atoms with van der Waals surface area (Å²) in [6, 6.07) is 6.66. The molecule has 0 saturated carbocycles. The molecule has 2 aromatic rings. The van der Waals surface area contributed by atoms with Gasteiger partial charge in [-0.3, -0.25) is 4.68 Å². The number of hydrogen-bond acceptors (Lipinski definition) is 2. The Morgan fingerprint density at radius 2 is 2.12 bits per heavy atom. The van der Waals surface area contributed by atoms with Crippen LogP contribution in [0.25, 0.3) is 11.3 Å².